The second-order valence-corrected chi connectivity index (χ2v) is 9.55. The molecule has 0 radical (unpaired) electrons. The lowest BCUT2D eigenvalue weighted by Crippen LogP contribution is -2.28. The third kappa shape index (κ3) is 3.58. The molecule has 0 saturated carbocycles. The van der Waals surface area contributed by atoms with E-state index in [9.17, 15) is 25.1 Å². The van der Waals surface area contributed by atoms with Crippen LogP contribution in [-0.4, -0.2) is 59.9 Å². The van der Waals surface area contributed by atoms with Gasteiger partial charge in [-0.3, -0.25) is 19.9 Å². The zero-order valence-electron chi connectivity index (χ0n) is 20.6. The molecule has 6 N–H and O–H groups in total. The third-order valence-electron chi connectivity index (χ3n) is 7.17. The molecule has 0 spiro atoms. The number of ether oxygens (including phenoxy) is 1. The smallest absolute Gasteiger partial charge is 0.280 e. The van der Waals surface area contributed by atoms with Crippen molar-refractivity contribution in [3.8, 4) is 0 Å². The second kappa shape index (κ2) is 8.74. The number of nitrogen functional groups attached to an aromatic ring is 1. The van der Waals surface area contributed by atoms with E-state index in [2.05, 4.69) is 20.3 Å². The number of nitrogens with two attached hydrogens (primary N) is 1. The first-order valence-electron chi connectivity index (χ1n) is 12.3. The highest BCUT2D eigenvalue weighted by atomic mass is 16.8. The van der Waals surface area contributed by atoms with Gasteiger partial charge in [-0.1, -0.05) is 24.3 Å². The summed E-state index contributed by atoms with van der Waals surface area (Å²) in [5.41, 5.74) is 5.76. The molecule has 0 bridgehead atoms. The fourth-order valence-corrected chi connectivity index (χ4v) is 5.36. The maximum absolute atomic E-state index is 12.6. The summed E-state index contributed by atoms with van der Waals surface area (Å²) >= 11 is 0. The Morgan fingerprint density at radius 2 is 1.82 bits per heavy atom. The van der Waals surface area contributed by atoms with Crippen molar-refractivity contribution in [1.82, 2.24) is 19.7 Å². The molecule has 4 aromatic carbocycles. The molecule has 3 atom stereocenters. The summed E-state index contributed by atoms with van der Waals surface area (Å²) in [6.07, 6.45) is -2.71. The van der Waals surface area contributed by atoms with Crippen LogP contribution in [0.1, 0.15) is 6.42 Å². The van der Waals surface area contributed by atoms with Crippen LogP contribution in [0.4, 0.5) is 23.3 Å². The molecular formula is C26H21N7O7. The van der Waals surface area contributed by atoms with Crippen molar-refractivity contribution < 1.29 is 24.7 Å². The molecule has 6 aromatic rings. The van der Waals surface area contributed by atoms with Crippen LogP contribution in [0, 0.1) is 10.1 Å². The Bertz CT molecular complexity index is 2020. The van der Waals surface area contributed by atoms with E-state index in [1.54, 1.807) is 12.1 Å². The number of H-pyrrole nitrogens is 1. The molecule has 0 unspecified atom stereocenters. The number of fused-ring (bicyclic) bond motifs is 1. The van der Waals surface area contributed by atoms with Gasteiger partial charge in [0.25, 0.3) is 11.2 Å². The van der Waals surface area contributed by atoms with E-state index in [0.717, 1.165) is 26.9 Å². The first-order chi connectivity index (χ1) is 19.3. The molecular weight excluding hydrogens is 522 g/mol. The lowest BCUT2D eigenvalue weighted by molar-refractivity contribution is -0.383. The SMILES string of the molecule is Nc1nc2c(nc(Nc3ccc4ccc5c([N+](=O)[O-])ccc6ccc3c4c65)n2O[C@H]2C[C@H](O)[C@@H](CO)O2)c(=O)[nH]1. The number of hydrogen-bond acceptors (Lipinski definition) is 11. The second-order valence-electron chi connectivity index (χ2n) is 9.55. The van der Waals surface area contributed by atoms with E-state index in [1.807, 2.05) is 30.3 Å². The highest BCUT2D eigenvalue weighted by Gasteiger charge is 2.36. The van der Waals surface area contributed by atoms with Crippen LogP contribution in [0.5, 0.6) is 0 Å². The van der Waals surface area contributed by atoms with Gasteiger partial charge >= 0.3 is 0 Å². The minimum Gasteiger partial charge on any atom is -0.394 e. The van der Waals surface area contributed by atoms with Crippen molar-refractivity contribution in [2.75, 3.05) is 17.7 Å². The Kier molecular flexibility index (Phi) is 5.25. The van der Waals surface area contributed by atoms with Crippen molar-refractivity contribution in [2.45, 2.75) is 24.9 Å². The standard InChI is InChI=1S/C26H21N7O7/c27-25-30-23-22(24(36)31-25)29-26(32(23)40-19-9-17(35)18(10-34)39-19)28-15-7-3-11-2-6-14-16(33(37)38)8-4-12-1-5-13(15)20(11)21(12)14/h1-8,17-19,34-35H,9-10H2,(H,28,29)(H3,27,30,31,36)/t17-,18+,19-/m0/s1. The van der Waals surface area contributed by atoms with E-state index >= 15 is 0 Å². The summed E-state index contributed by atoms with van der Waals surface area (Å²) < 4.78 is 6.76. The van der Waals surface area contributed by atoms with Crippen molar-refractivity contribution in [3.63, 3.8) is 0 Å². The molecule has 0 amide bonds. The number of nitrogens with zero attached hydrogens (tertiary/aromatic N) is 4. The summed E-state index contributed by atoms with van der Waals surface area (Å²) in [6.45, 7) is -0.400. The summed E-state index contributed by atoms with van der Waals surface area (Å²) in [6, 6.07) is 14.3. The van der Waals surface area contributed by atoms with Crippen LogP contribution in [0.3, 0.4) is 0 Å². The number of anilines is 3. The number of aliphatic hydroxyl groups excluding tert-OH is 2. The van der Waals surface area contributed by atoms with Gasteiger partial charge in [-0.25, -0.2) is 4.98 Å². The van der Waals surface area contributed by atoms with E-state index < -0.39 is 35.6 Å². The van der Waals surface area contributed by atoms with Crippen molar-refractivity contribution >= 4 is 66.8 Å². The molecule has 0 aliphatic carbocycles. The molecule has 1 fully saturated rings. The average Bonchev–Trinajstić information content (AvgIpc) is 3.47. The number of aromatic nitrogens is 4. The topological polar surface area (TPSA) is 204 Å². The van der Waals surface area contributed by atoms with Crippen LogP contribution in [0.15, 0.2) is 53.3 Å². The number of nitro benzene ring substituents is 1. The number of nitro groups is 1. The van der Waals surface area contributed by atoms with Crippen LogP contribution in [0.2, 0.25) is 0 Å². The summed E-state index contributed by atoms with van der Waals surface area (Å²) in [4.78, 5) is 40.9. The fourth-order valence-electron chi connectivity index (χ4n) is 5.36. The molecule has 1 aliphatic heterocycles. The van der Waals surface area contributed by atoms with Crippen molar-refractivity contribution in [1.29, 1.82) is 0 Å². The molecule has 14 heteroatoms. The predicted octanol–water partition coefficient (Wildman–Crippen LogP) is 2.15. The number of imidazole rings is 1. The first kappa shape index (κ1) is 24.0. The highest BCUT2D eigenvalue weighted by molar-refractivity contribution is 6.26. The van der Waals surface area contributed by atoms with E-state index in [4.69, 9.17) is 15.3 Å². The minimum atomic E-state index is -0.977. The van der Waals surface area contributed by atoms with Crippen LogP contribution < -0.4 is 21.4 Å². The molecule has 40 heavy (non-hydrogen) atoms. The van der Waals surface area contributed by atoms with Gasteiger partial charge < -0.3 is 30.8 Å². The van der Waals surface area contributed by atoms with Gasteiger partial charge in [-0.15, -0.1) is 4.73 Å². The van der Waals surface area contributed by atoms with E-state index in [-0.39, 0.29) is 35.2 Å². The Hall–Kier alpha value is -5.05. The number of aliphatic hydroxyl groups is 2. The predicted molar refractivity (Wildman–Crippen MR) is 146 cm³/mol. The van der Waals surface area contributed by atoms with Crippen LogP contribution in [-0.2, 0) is 4.74 Å². The number of hydrogen-bond donors (Lipinski definition) is 5. The highest BCUT2D eigenvalue weighted by Crippen LogP contribution is 2.41. The first-order valence-corrected chi connectivity index (χ1v) is 12.3. The lowest BCUT2D eigenvalue weighted by atomic mass is 9.93. The normalized spacial score (nSPS) is 19.3. The molecule has 202 valence electrons. The Morgan fingerprint density at radius 3 is 2.55 bits per heavy atom. The molecule has 7 rings (SSSR count). The lowest BCUT2D eigenvalue weighted by Gasteiger charge is -2.18. The Morgan fingerprint density at radius 1 is 1.12 bits per heavy atom. The van der Waals surface area contributed by atoms with Gasteiger partial charge in [-0.05, 0) is 34.4 Å². The summed E-state index contributed by atoms with van der Waals surface area (Å²) in [5.74, 6) is -0.0797. The summed E-state index contributed by atoms with van der Waals surface area (Å²) in [7, 11) is 0. The molecule has 14 nitrogen and oxygen atoms in total. The van der Waals surface area contributed by atoms with Gasteiger partial charge in [0.15, 0.2) is 5.52 Å². The van der Waals surface area contributed by atoms with Crippen molar-refractivity contribution in [2.24, 2.45) is 0 Å². The summed E-state index contributed by atoms with van der Waals surface area (Å²) in [5, 5.41) is 39.1. The average molecular weight is 543 g/mol. The fraction of sp³-hybridized carbons (Fsp3) is 0.192. The zero-order chi connectivity index (χ0) is 27.7. The zero-order valence-corrected chi connectivity index (χ0v) is 20.6. The van der Waals surface area contributed by atoms with Gasteiger partial charge in [0.2, 0.25) is 23.8 Å². The molecule has 3 heterocycles. The third-order valence-corrected chi connectivity index (χ3v) is 7.17. The number of rotatable bonds is 6. The number of benzene rings is 4. The van der Waals surface area contributed by atoms with Gasteiger partial charge in [0.1, 0.15) is 6.10 Å². The largest absolute Gasteiger partial charge is 0.394 e. The number of non-ortho nitro benzene ring substituents is 1. The van der Waals surface area contributed by atoms with E-state index in [1.165, 1.54) is 10.8 Å². The monoisotopic (exact) mass is 543 g/mol. The van der Waals surface area contributed by atoms with Gasteiger partial charge in [-0.2, -0.15) is 4.98 Å². The van der Waals surface area contributed by atoms with Gasteiger partial charge in [0, 0.05) is 28.9 Å². The molecule has 2 aromatic heterocycles. The van der Waals surface area contributed by atoms with Crippen LogP contribution in [0.25, 0.3) is 43.5 Å². The maximum atomic E-state index is 12.6. The Balaban J connectivity index is 1.39. The quantitative estimate of drug-likeness (QED) is 0.117. The van der Waals surface area contributed by atoms with Crippen molar-refractivity contribution in [3.05, 3.63) is 69.0 Å². The maximum Gasteiger partial charge on any atom is 0.280 e. The number of nitrogens with one attached hydrogen (secondary N) is 2. The number of aromatic amines is 1. The Labute approximate surface area is 223 Å². The molecule has 1 aliphatic rings. The van der Waals surface area contributed by atoms with Gasteiger partial charge in [0.05, 0.1) is 23.0 Å². The molecule has 1 saturated heterocycles. The van der Waals surface area contributed by atoms with E-state index in [0.29, 0.717) is 11.1 Å². The van der Waals surface area contributed by atoms with Crippen LogP contribution >= 0.6 is 0 Å². The minimum absolute atomic E-state index is 0.0123.